The summed E-state index contributed by atoms with van der Waals surface area (Å²) >= 11 is 0. The molecule has 0 bridgehead atoms. The average molecular weight is 258 g/mol. The Bertz CT molecular complexity index is 474. The van der Waals surface area contributed by atoms with Crippen LogP contribution in [0.1, 0.15) is 53.6 Å². The van der Waals surface area contributed by atoms with Gasteiger partial charge >= 0.3 is 0 Å². The fourth-order valence-corrected chi connectivity index (χ4v) is 2.43. The van der Waals surface area contributed by atoms with Crippen LogP contribution in [-0.2, 0) is 0 Å². The Kier molecular flexibility index (Phi) is 4.72. The van der Waals surface area contributed by atoms with E-state index in [1.165, 1.54) is 37.7 Å². The molecule has 102 valence electrons. The molecule has 3 nitrogen and oxygen atoms in total. The van der Waals surface area contributed by atoms with Crippen LogP contribution in [0.5, 0.6) is 0 Å². The lowest BCUT2D eigenvalue weighted by molar-refractivity contribution is 0.0955. The van der Waals surface area contributed by atoms with E-state index in [9.17, 15) is 4.79 Å². The third kappa shape index (κ3) is 3.91. The summed E-state index contributed by atoms with van der Waals surface area (Å²) in [5.41, 5.74) is 5.62. The zero-order valence-corrected chi connectivity index (χ0v) is 11.8. The van der Waals surface area contributed by atoms with Gasteiger partial charge in [0.2, 0.25) is 0 Å². The molecule has 1 aliphatic rings. The summed E-state index contributed by atoms with van der Waals surface area (Å²) in [6.07, 6.45) is 8.19. The number of nitrogens with zero attached hydrogens (tertiary/aromatic N) is 1. The van der Waals surface area contributed by atoms with Crippen molar-refractivity contribution in [1.29, 1.82) is 0 Å². The van der Waals surface area contributed by atoms with Gasteiger partial charge in [-0.05, 0) is 55.9 Å². The van der Waals surface area contributed by atoms with E-state index in [0.717, 1.165) is 5.56 Å². The van der Waals surface area contributed by atoms with Crippen molar-refractivity contribution in [3.63, 3.8) is 0 Å². The van der Waals surface area contributed by atoms with Crippen LogP contribution >= 0.6 is 0 Å². The minimum atomic E-state index is -0.129. The number of hydrogen-bond donors (Lipinski definition) is 1. The molecule has 1 fully saturated rings. The number of hydrogen-bond acceptors (Lipinski definition) is 2. The maximum atomic E-state index is 11.9. The third-order valence-electron chi connectivity index (χ3n) is 3.87. The van der Waals surface area contributed by atoms with Gasteiger partial charge in [0, 0.05) is 11.8 Å². The van der Waals surface area contributed by atoms with Gasteiger partial charge in [-0.1, -0.05) is 25.3 Å². The topological polar surface area (TPSA) is 41.5 Å². The lowest BCUT2D eigenvalue weighted by Gasteiger charge is -2.16. The standard InChI is InChI=1S/C16H22N2O/c1-12-8-9-15(10-13(12)2)16(19)18-17-11-14-6-4-3-5-7-14/h8-11,14H,3-7H2,1-2H3,(H,18,19). The molecule has 1 N–H and O–H groups in total. The summed E-state index contributed by atoms with van der Waals surface area (Å²) < 4.78 is 0. The monoisotopic (exact) mass is 258 g/mol. The Morgan fingerprint density at radius 2 is 1.95 bits per heavy atom. The summed E-state index contributed by atoms with van der Waals surface area (Å²) in [5, 5.41) is 4.10. The predicted molar refractivity (Wildman–Crippen MR) is 78.4 cm³/mol. The molecule has 1 saturated carbocycles. The fourth-order valence-electron chi connectivity index (χ4n) is 2.43. The summed E-state index contributed by atoms with van der Waals surface area (Å²) in [6.45, 7) is 4.05. The van der Waals surface area contributed by atoms with Crippen molar-refractivity contribution in [2.24, 2.45) is 11.0 Å². The van der Waals surface area contributed by atoms with E-state index in [1.54, 1.807) is 0 Å². The molecule has 1 aromatic carbocycles. The molecule has 0 heterocycles. The molecule has 0 spiro atoms. The second-order valence-electron chi connectivity index (χ2n) is 5.42. The van der Waals surface area contributed by atoms with E-state index in [-0.39, 0.29) is 5.91 Å². The van der Waals surface area contributed by atoms with Gasteiger partial charge in [0.15, 0.2) is 0 Å². The van der Waals surface area contributed by atoms with Gasteiger partial charge in [0.05, 0.1) is 0 Å². The van der Waals surface area contributed by atoms with E-state index in [1.807, 2.05) is 38.3 Å². The molecule has 1 aliphatic carbocycles. The normalized spacial score (nSPS) is 16.7. The van der Waals surface area contributed by atoms with Crippen molar-refractivity contribution in [2.75, 3.05) is 0 Å². The molecule has 0 aliphatic heterocycles. The number of benzene rings is 1. The Morgan fingerprint density at radius 3 is 2.63 bits per heavy atom. The van der Waals surface area contributed by atoms with Crippen molar-refractivity contribution in [1.82, 2.24) is 5.43 Å². The van der Waals surface area contributed by atoms with E-state index in [0.29, 0.717) is 11.5 Å². The number of nitrogens with one attached hydrogen (secondary N) is 1. The Balaban J connectivity index is 1.89. The number of amides is 1. The van der Waals surface area contributed by atoms with Crippen molar-refractivity contribution in [2.45, 2.75) is 46.0 Å². The Morgan fingerprint density at radius 1 is 1.21 bits per heavy atom. The smallest absolute Gasteiger partial charge is 0.267 e. The highest BCUT2D eigenvalue weighted by Gasteiger charge is 2.11. The van der Waals surface area contributed by atoms with Crippen molar-refractivity contribution in [3.8, 4) is 0 Å². The van der Waals surface area contributed by atoms with Crippen molar-refractivity contribution in [3.05, 3.63) is 34.9 Å². The van der Waals surface area contributed by atoms with Gasteiger partial charge in [-0.15, -0.1) is 0 Å². The second-order valence-corrected chi connectivity index (χ2v) is 5.42. The average Bonchev–Trinajstić information content (AvgIpc) is 2.43. The second kappa shape index (κ2) is 6.50. The van der Waals surface area contributed by atoms with Crippen LogP contribution in [0.15, 0.2) is 23.3 Å². The maximum Gasteiger partial charge on any atom is 0.271 e. The molecule has 0 atom stereocenters. The maximum absolute atomic E-state index is 11.9. The van der Waals surface area contributed by atoms with E-state index < -0.39 is 0 Å². The highest BCUT2D eigenvalue weighted by molar-refractivity contribution is 5.94. The minimum absolute atomic E-state index is 0.129. The molecule has 0 unspecified atom stereocenters. The van der Waals surface area contributed by atoms with Gasteiger partial charge in [-0.2, -0.15) is 5.10 Å². The Hall–Kier alpha value is -1.64. The number of carbonyl (C=O) groups excluding carboxylic acids is 1. The van der Waals surface area contributed by atoms with E-state index >= 15 is 0 Å². The highest BCUT2D eigenvalue weighted by Crippen LogP contribution is 2.21. The number of carbonyl (C=O) groups is 1. The van der Waals surface area contributed by atoms with Crippen LogP contribution < -0.4 is 5.43 Å². The molecule has 0 radical (unpaired) electrons. The van der Waals surface area contributed by atoms with E-state index in [2.05, 4.69) is 10.5 Å². The van der Waals surface area contributed by atoms with Crippen LogP contribution in [0.2, 0.25) is 0 Å². The molecular weight excluding hydrogens is 236 g/mol. The zero-order chi connectivity index (χ0) is 13.7. The minimum Gasteiger partial charge on any atom is -0.267 e. The number of aryl methyl sites for hydroxylation is 2. The largest absolute Gasteiger partial charge is 0.271 e. The molecule has 0 saturated heterocycles. The SMILES string of the molecule is Cc1ccc(C(=O)NN=CC2CCCCC2)cc1C. The first-order valence-electron chi connectivity index (χ1n) is 7.07. The van der Waals surface area contributed by atoms with Gasteiger partial charge in [-0.3, -0.25) is 4.79 Å². The molecule has 3 heteroatoms. The molecule has 1 aromatic rings. The van der Waals surface area contributed by atoms with E-state index in [4.69, 9.17) is 0 Å². The van der Waals surface area contributed by atoms with Crippen LogP contribution in [0.25, 0.3) is 0 Å². The van der Waals surface area contributed by atoms with Crippen LogP contribution in [0.3, 0.4) is 0 Å². The van der Waals surface area contributed by atoms with Crippen LogP contribution in [0, 0.1) is 19.8 Å². The number of hydrazone groups is 1. The molecule has 0 aromatic heterocycles. The molecular formula is C16H22N2O. The highest BCUT2D eigenvalue weighted by atomic mass is 16.2. The lowest BCUT2D eigenvalue weighted by atomic mass is 9.90. The summed E-state index contributed by atoms with van der Waals surface area (Å²) in [5.74, 6) is 0.406. The zero-order valence-electron chi connectivity index (χ0n) is 11.8. The summed E-state index contributed by atoms with van der Waals surface area (Å²) in [6, 6.07) is 5.71. The van der Waals surface area contributed by atoms with Crippen molar-refractivity contribution >= 4 is 12.1 Å². The van der Waals surface area contributed by atoms with Gasteiger partial charge in [0.1, 0.15) is 0 Å². The molecule has 1 amide bonds. The van der Waals surface area contributed by atoms with Gasteiger partial charge in [0.25, 0.3) is 5.91 Å². The van der Waals surface area contributed by atoms with Gasteiger partial charge < -0.3 is 0 Å². The van der Waals surface area contributed by atoms with Crippen LogP contribution in [-0.4, -0.2) is 12.1 Å². The third-order valence-corrected chi connectivity index (χ3v) is 3.87. The summed E-state index contributed by atoms with van der Waals surface area (Å²) in [7, 11) is 0. The van der Waals surface area contributed by atoms with Crippen LogP contribution in [0.4, 0.5) is 0 Å². The lowest BCUT2D eigenvalue weighted by Crippen LogP contribution is -2.19. The van der Waals surface area contributed by atoms with Crippen molar-refractivity contribution < 1.29 is 4.79 Å². The first-order chi connectivity index (χ1) is 9.16. The summed E-state index contributed by atoms with van der Waals surface area (Å²) in [4.78, 5) is 11.9. The number of rotatable bonds is 3. The first kappa shape index (κ1) is 13.8. The van der Waals surface area contributed by atoms with Gasteiger partial charge in [-0.25, -0.2) is 5.43 Å². The Labute approximate surface area is 115 Å². The molecule has 19 heavy (non-hydrogen) atoms. The predicted octanol–water partition coefficient (Wildman–Crippen LogP) is 3.60. The molecule has 2 rings (SSSR count). The quantitative estimate of drug-likeness (QED) is 0.653. The fraction of sp³-hybridized carbons (Fsp3) is 0.500. The first-order valence-corrected chi connectivity index (χ1v) is 7.07.